The summed E-state index contributed by atoms with van der Waals surface area (Å²) >= 11 is 2.02. The molecule has 3 heterocycles. The van der Waals surface area contributed by atoms with Crippen LogP contribution in [0.5, 0.6) is 0 Å². The molecule has 0 saturated carbocycles. The Morgan fingerprint density at radius 1 is 1.08 bits per heavy atom. The van der Waals surface area contributed by atoms with Crippen LogP contribution in [-0.4, -0.2) is 21.1 Å². The third kappa shape index (κ3) is 2.17. The molecule has 0 N–H and O–H groups in total. The van der Waals surface area contributed by atoms with Crippen LogP contribution in [0.1, 0.15) is 12.6 Å². The lowest BCUT2D eigenvalue weighted by molar-refractivity contribution is -0.680. The molecule has 0 spiro atoms. The number of fused-ring (bicyclic) bond motifs is 5. The second kappa shape index (κ2) is 5.22. The molecular formula is C19H27N2SSi2+. The molecule has 0 bridgehead atoms. The highest BCUT2D eigenvalue weighted by molar-refractivity contribution is 7.28. The standard InChI is InChI=1S/C19H27N2SSi2/c1-7-14-18-16(20-12-21(14)2)13-8-9-15-19(17(13)22-18)24(5,6)11-10-23(15,3)4/h8-9,12H,7,10-11H2,1-6H3/q+1. The summed E-state index contributed by atoms with van der Waals surface area (Å²) < 4.78 is 5.17. The molecule has 3 aromatic rings. The van der Waals surface area contributed by atoms with Gasteiger partial charge in [-0.05, 0) is 16.2 Å². The quantitative estimate of drug-likeness (QED) is 0.471. The van der Waals surface area contributed by atoms with Gasteiger partial charge in [-0.25, -0.2) is 4.57 Å². The van der Waals surface area contributed by atoms with E-state index in [9.17, 15) is 0 Å². The van der Waals surface area contributed by atoms with Crippen molar-refractivity contribution in [1.29, 1.82) is 0 Å². The van der Waals surface area contributed by atoms with Gasteiger partial charge in [0.1, 0.15) is 10.4 Å². The Labute approximate surface area is 150 Å². The molecule has 0 saturated heterocycles. The Balaban J connectivity index is 2.18. The van der Waals surface area contributed by atoms with Crippen LogP contribution in [0.25, 0.3) is 20.3 Å². The van der Waals surface area contributed by atoms with E-state index in [4.69, 9.17) is 4.98 Å². The minimum Gasteiger partial charge on any atom is -0.236 e. The molecule has 0 radical (unpaired) electrons. The van der Waals surface area contributed by atoms with Crippen LogP contribution in [0.2, 0.25) is 38.3 Å². The van der Waals surface area contributed by atoms with Gasteiger partial charge in [-0.15, -0.1) is 11.3 Å². The molecule has 2 aromatic heterocycles. The number of benzene rings is 1. The monoisotopic (exact) mass is 371 g/mol. The molecule has 0 fully saturated rings. The molecule has 0 aliphatic carbocycles. The van der Waals surface area contributed by atoms with Gasteiger partial charge in [0.05, 0.1) is 23.2 Å². The van der Waals surface area contributed by atoms with Crippen molar-refractivity contribution in [2.45, 2.75) is 51.6 Å². The number of hydrogen-bond donors (Lipinski definition) is 0. The van der Waals surface area contributed by atoms with Crippen molar-refractivity contribution >= 4 is 58.2 Å². The summed E-state index contributed by atoms with van der Waals surface area (Å²) in [5, 5.41) is 4.92. The van der Waals surface area contributed by atoms with Gasteiger partial charge in [-0.1, -0.05) is 56.5 Å². The normalized spacial score (nSPS) is 18.9. The maximum absolute atomic E-state index is 4.81. The Morgan fingerprint density at radius 2 is 1.79 bits per heavy atom. The van der Waals surface area contributed by atoms with Crippen molar-refractivity contribution in [3.8, 4) is 0 Å². The van der Waals surface area contributed by atoms with E-state index in [0.717, 1.165) is 6.42 Å². The number of thiophene rings is 1. The van der Waals surface area contributed by atoms with Crippen molar-refractivity contribution in [2.24, 2.45) is 7.05 Å². The molecule has 126 valence electrons. The molecule has 5 heteroatoms. The largest absolute Gasteiger partial charge is 0.286 e. The fourth-order valence-corrected chi connectivity index (χ4v) is 17.3. The number of aryl methyl sites for hydroxylation is 2. The van der Waals surface area contributed by atoms with Crippen molar-refractivity contribution in [3.05, 3.63) is 24.2 Å². The minimum absolute atomic E-state index is 1.06. The third-order valence-electron chi connectivity index (χ3n) is 6.00. The van der Waals surface area contributed by atoms with Crippen LogP contribution >= 0.6 is 11.3 Å². The topological polar surface area (TPSA) is 16.8 Å². The Morgan fingerprint density at radius 3 is 2.50 bits per heavy atom. The minimum atomic E-state index is -1.36. The molecule has 0 amide bonds. The molecule has 0 unspecified atom stereocenters. The fourth-order valence-electron chi connectivity index (χ4n) is 4.38. The summed E-state index contributed by atoms with van der Waals surface area (Å²) in [5.41, 5.74) is 2.64. The first-order chi connectivity index (χ1) is 11.3. The van der Waals surface area contributed by atoms with Gasteiger partial charge in [0.15, 0.2) is 0 Å². The molecule has 0 atom stereocenters. The predicted molar refractivity (Wildman–Crippen MR) is 112 cm³/mol. The zero-order valence-electron chi connectivity index (χ0n) is 15.7. The second-order valence-electron chi connectivity index (χ2n) is 8.57. The number of aromatic nitrogens is 2. The summed E-state index contributed by atoms with van der Waals surface area (Å²) in [6, 6.07) is 7.77. The van der Waals surface area contributed by atoms with Gasteiger partial charge in [0.2, 0.25) is 5.52 Å². The first-order valence-electron chi connectivity index (χ1n) is 9.00. The van der Waals surface area contributed by atoms with Gasteiger partial charge in [-0.2, -0.15) is 0 Å². The van der Waals surface area contributed by atoms with Crippen LogP contribution < -0.4 is 14.9 Å². The van der Waals surface area contributed by atoms with E-state index in [0.29, 0.717) is 0 Å². The highest BCUT2D eigenvalue weighted by Gasteiger charge is 2.41. The van der Waals surface area contributed by atoms with Crippen molar-refractivity contribution < 1.29 is 4.57 Å². The second-order valence-corrected chi connectivity index (χ2v) is 19.2. The average molecular weight is 372 g/mol. The summed E-state index contributed by atoms with van der Waals surface area (Å²) in [6.45, 7) is 12.5. The molecule has 1 aliphatic rings. The van der Waals surface area contributed by atoms with Crippen LogP contribution in [0.4, 0.5) is 0 Å². The summed E-state index contributed by atoms with van der Waals surface area (Å²) in [5.74, 6) is 0. The maximum Gasteiger partial charge on any atom is 0.286 e. The Kier molecular flexibility index (Phi) is 3.58. The molecule has 1 aromatic carbocycles. The lowest BCUT2D eigenvalue weighted by Gasteiger charge is -2.39. The molecule has 1 aliphatic heterocycles. The lowest BCUT2D eigenvalue weighted by atomic mass is 10.2. The Bertz CT molecular complexity index is 973. The van der Waals surface area contributed by atoms with E-state index in [1.807, 2.05) is 17.7 Å². The zero-order chi connectivity index (χ0) is 17.3. The van der Waals surface area contributed by atoms with Gasteiger partial charge < -0.3 is 0 Å². The Hall–Kier alpha value is -1.05. The molecular weight excluding hydrogens is 344 g/mol. The van der Waals surface area contributed by atoms with E-state index >= 15 is 0 Å². The smallest absolute Gasteiger partial charge is 0.236 e. The van der Waals surface area contributed by atoms with E-state index in [1.54, 1.807) is 15.1 Å². The molecule has 4 rings (SSSR count). The number of rotatable bonds is 1. The van der Waals surface area contributed by atoms with Crippen molar-refractivity contribution in [1.82, 2.24) is 4.98 Å². The van der Waals surface area contributed by atoms with Gasteiger partial charge in [0.25, 0.3) is 6.33 Å². The highest BCUT2D eigenvalue weighted by Crippen LogP contribution is 2.36. The summed E-state index contributed by atoms with van der Waals surface area (Å²) in [7, 11) is -0.516. The zero-order valence-corrected chi connectivity index (χ0v) is 18.5. The van der Waals surface area contributed by atoms with Crippen LogP contribution in [0.3, 0.4) is 0 Å². The van der Waals surface area contributed by atoms with Crippen LogP contribution in [0, 0.1) is 0 Å². The third-order valence-corrected chi connectivity index (χ3v) is 14.9. The first-order valence-corrected chi connectivity index (χ1v) is 16.2. The fraction of sp³-hybridized carbons (Fsp3) is 0.474. The molecule has 24 heavy (non-hydrogen) atoms. The number of hydrogen-bond acceptors (Lipinski definition) is 2. The maximum atomic E-state index is 4.81. The lowest BCUT2D eigenvalue weighted by Crippen LogP contribution is -2.63. The summed E-state index contributed by atoms with van der Waals surface area (Å²) in [4.78, 5) is 4.81. The predicted octanol–water partition coefficient (Wildman–Crippen LogP) is 3.68. The van der Waals surface area contributed by atoms with Crippen LogP contribution in [0.15, 0.2) is 18.5 Å². The SMILES string of the molecule is CCc1c2sc3c4c(ccc3c2nc[n+]1C)[Si](C)(C)CC[Si]4(C)C. The van der Waals surface area contributed by atoms with Gasteiger partial charge in [0, 0.05) is 16.5 Å². The average Bonchev–Trinajstić information content (AvgIpc) is 2.89. The van der Waals surface area contributed by atoms with E-state index in [2.05, 4.69) is 56.9 Å². The van der Waals surface area contributed by atoms with Crippen molar-refractivity contribution in [2.75, 3.05) is 0 Å². The highest BCUT2D eigenvalue weighted by atomic mass is 32.1. The van der Waals surface area contributed by atoms with Crippen LogP contribution in [-0.2, 0) is 13.5 Å². The van der Waals surface area contributed by atoms with E-state index in [-0.39, 0.29) is 0 Å². The van der Waals surface area contributed by atoms with E-state index < -0.39 is 16.1 Å². The first kappa shape index (κ1) is 16.4. The summed E-state index contributed by atoms with van der Waals surface area (Å²) in [6.07, 6.45) is 3.06. The van der Waals surface area contributed by atoms with E-state index in [1.165, 1.54) is 33.4 Å². The van der Waals surface area contributed by atoms with Gasteiger partial charge in [-0.3, -0.25) is 0 Å². The molecule has 2 nitrogen and oxygen atoms in total. The van der Waals surface area contributed by atoms with Gasteiger partial charge >= 0.3 is 0 Å². The number of nitrogens with zero attached hydrogens (tertiary/aromatic N) is 2. The van der Waals surface area contributed by atoms with Crippen molar-refractivity contribution in [3.63, 3.8) is 0 Å².